The lowest BCUT2D eigenvalue weighted by molar-refractivity contribution is -0.124. The van der Waals surface area contributed by atoms with Crippen molar-refractivity contribution in [3.63, 3.8) is 0 Å². The molecule has 6 heteroatoms. The van der Waals surface area contributed by atoms with Crippen molar-refractivity contribution in [3.8, 4) is 5.75 Å². The van der Waals surface area contributed by atoms with Crippen LogP contribution in [0.4, 0.5) is 5.69 Å². The van der Waals surface area contributed by atoms with E-state index in [1.54, 1.807) is 6.07 Å². The minimum Gasteiger partial charge on any atom is -0.494 e. The summed E-state index contributed by atoms with van der Waals surface area (Å²) in [6, 6.07) is 5.36. The van der Waals surface area contributed by atoms with Crippen molar-refractivity contribution in [2.75, 3.05) is 18.6 Å². The van der Waals surface area contributed by atoms with Crippen LogP contribution in [-0.4, -0.2) is 42.8 Å². The second-order valence-electron chi connectivity index (χ2n) is 9.50. The molecule has 0 aromatic heterocycles. The van der Waals surface area contributed by atoms with Crippen LogP contribution in [0.25, 0.3) is 0 Å². The van der Waals surface area contributed by atoms with Gasteiger partial charge in [0.2, 0.25) is 5.91 Å². The number of aliphatic hydroxyl groups is 1. The molecule has 1 aromatic carbocycles. The normalized spacial score (nSPS) is 25.8. The smallest absolute Gasteiger partial charge is 0.340 e. The molecule has 2 saturated carbocycles. The molecule has 0 saturated heterocycles. The number of methoxy groups -OCH3 is 1. The van der Waals surface area contributed by atoms with Crippen molar-refractivity contribution in [2.45, 2.75) is 90.2 Å². The van der Waals surface area contributed by atoms with Crippen LogP contribution in [0.15, 0.2) is 18.2 Å². The first kappa shape index (κ1) is 24.6. The third-order valence-electron chi connectivity index (χ3n) is 7.03. The van der Waals surface area contributed by atoms with Crippen molar-refractivity contribution >= 4 is 17.6 Å². The number of hydrogen-bond donors (Lipinski definition) is 1. The molecule has 0 atom stereocenters. The van der Waals surface area contributed by atoms with Gasteiger partial charge in [-0.1, -0.05) is 20.3 Å². The van der Waals surface area contributed by atoms with Crippen LogP contribution in [0, 0.1) is 11.8 Å². The largest absolute Gasteiger partial charge is 0.494 e. The Morgan fingerprint density at radius 2 is 1.75 bits per heavy atom. The second kappa shape index (κ2) is 11.7. The number of unbranched alkanes of at least 4 members (excludes halogenated alkanes) is 1. The molecular formula is C26H39NO5. The van der Waals surface area contributed by atoms with Gasteiger partial charge in [0.25, 0.3) is 0 Å². The Morgan fingerprint density at radius 1 is 1.06 bits per heavy atom. The van der Waals surface area contributed by atoms with E-state index < -0.39 is 5.97 Å². The minimum absolute atomic E-state index is 0.0240. The van der Waals surface area contributed by atoms with E-state index in [0.29, 0.717) is 42.4 Å². The molecule has 0 unspecified atom stereocenters. The Hall–Kier alpha value is -2.08. The van der Waals surface area contributed by atoms with Crippen molar-refractivity contribution in [2.24, 2.45) is 11.8 Å². The standard InChI is InChI=1S/C26H39NO5/c1-4-5-16-32-22-14-15-24(23(17-22)26(30)31-3)27(20-10-12-21(28)13-11-20)25(29)19-8-6-18(2)7-9-19/h14-15,17-21,28H,4-13,16H2,1-3H3. The average Bonchev–Trinajstić information content (AvgIpc) is 2.81. The molecule has 2 fully saturated rings. The molecule has 0 heterocycles. The van der Waals surface area contributed by atoms with Crippen molar-refractivity contribution in [1.29, 1.82) is 0 Å². The van der Waals surface area contributed by atoms with Crippen molar-refractivity contribution in [3.05, 3.63) is 23.8 Å². The number of amides is 1. The van der Waals surface area contributed by atoms with Crippen LogP contribution in [0.1, 0.15) is 88.4 Å². The van der Waals surface area contributed by atoms with Gasteiger partial charge in [-0.2, -0.15) is 0 Å². The molecule has 6 nitrogen and oxygen atoms in total. The first-order chi connectivity index (χ1) is 15.4. The van der Waals surface area contributed by atoms with Gasteiger partial charge in [0.05, 0.1) is 31.1 Å². The summed E-state index contributed by atoms with van der Waals surface area (Å²) in [6.45, 7) is 4.93. The maximum Gasteiger partial charge on any atom is 0.340 e. The summed E-state index contributed by atoms with van der Waals surface area (Å²) >= 11 is 0. The SMILES string of the molecule is CCCCOc1ccc(N(C(=O)C2CCC(C)CC2)C2CCC(O)CC2)c(C(=O)OC)c1. The second-order valence-corrected chi connectivity index (χ2v) is 9.50. The molecule has 2 aliphatic carbocycles. The predicted molar refractivity (Wildman–Crippen MR) is 125 cm³/mol. The van der Waals surface area contributed by atoms with Crippen molar-refractivity contribution < 1.29 is 24.2 Å². The van der Waals surface area contributed by atoms with E-state index in [1.165, 1.54) is 7.11 Å². The molecule has 1 amide bonds. The highest BCUT2D eigenvalue weighted by Crippen LogP contribution is 2.37. The Bertz CT molecular complexity index is 763. The number of carbonyl (C=O) groups is 2. The lowest BCUT2D eigenvalue weighted by Gasteiger charge is -2.39. The van der Waals surface area contributed by atoms with Gasteiger partial charge in [-0.05, 0) is 81.9 Å². The third-order valence-corrected chi connectivity index (χ3v) is 7.03. The highest BCUT2D eigenvalue weighted by Gasteiger charge is 2.36. The first-order valence-corrected chi connectivity index (χ1v) is 12.3. The number of benzene rings is 1. The molecule has 2 aliphatic rings. The summed E-state index contributed by atoms with van der Waals surface area (Å²) in [4.78, 5) is 28.4. The van der Waals surface area contributed by atoms with Crippen LogP contribution >= 0.6 is 0 Å². The zero-order valence-corrected chi connectivity index (χ0v) is 19.8. The average molecular weight is 446 g/mol. The van der Waals surface area contributed by atoms with E-state index in [9.17, 15) is 14.7 Å². The van der Waals surface area contributed by atoms with Crippen molar-refractivity contribution in [1.82, 2.24) is 0 Å². The van der Waals surface area contributed by atoms with E-state index in [2.05, 4.69) is 13.8 Å². The van der Waals surface area contributed by atoms with Crippen LogP contribution < -0.4 is 9.64 Å². The molecule has 178 valence electrons. The summed E-state index contributed by atoms with van der Waals surface area (Å²) in [5, 5.41) is 10.0. The highest BCUT2D eigenvalue weighted by molar-refractivity contribution is 6.04. The number of rotatable bonds is 8. The van der Waals surface area contributed by atoms with E-state index in [1.807, 2.05) is 17.0 Å². The van der Waals surface area contributed by atoms with Gasteiger partial charge in [0, 0.05) is 12.0 Å². The van der Waals surface area contributed by atoms with Gasteiger partial charge >= 0.3 is 5.97 Å². The molecule has 0 radical (unpaired) electrons. The Morgan fingerprint density at radius 3 is 2.38 bits per heavy atom. The van der Waals surface area contributed by atoms with Crippen LogP contribution in [0.2, 0.25) is 0 Å². The zero-order chi connectivity index (χ0) is 23.1. The molecule has 1 N–H and O–H groups in total. The number of ether oxygens (including phenoxy) is 2. The summed E-state index contributed by atoms with van der Waals surface area (Å²) in [5.74, 6) is 0.877. The van der Waals surface area contributed by atoms with E-state index in [0.717, 1.165) is 51.4 Å². The summed E-state index contributed by atoms with van der Waals surface area (Å²) in [5.41, 5.74) is 0.967. The summed E-state index contributed by atoms with van der Waals surface area (Å²) in [7, 11) is 1.36. The fraction of sp³-hybridized carbons (Fsp3) is 0.692. The first-order valence-electron chi connectivity index (χ1n) is 12.3. The number of esters is 1. The molecule has 3 rings (SSSR count). The topological polar surface area (TPSA) is 76.1 Å². The van der Waals surface area contributed by atoms with E-state index in [-0.39, 0.29) is 24.0 Å². The number of aliphatic hydroxyl groups excluding tert-OH is 1. The van der Waals surface area contributed by atoms with Gasteiger partial charge < -0.3 is 19.5 Å². The Kier molecular flexibility index (Phi) is 8.97. The van der Waals surface area contributed by atoms with Crippen LogP contribution in [-0.2, 0) is 9.53 Å². The van der Waals surface area contributed by atoms with Gasteiger partial charge in [-0.15, -0.1) is 0 Å². The maximum atomic E-state index is 13.8. The van der Waals surface area contributed by atoms with Crippen LogP contribution in [0.3, 0.4) is 0 Å². The fourth-order valence-electron chi connectivity index (χ4n) is 4.94. The van der Waals surface area contributed by atoms with E-state index in [4.69, 9.17) is 9.47 Å². The molecular weight excluding hydrogens is 406 g/mol. The number of anilines is 1. The maximum absolute atomic E-state index is 13.8. The van der Waals surface area contributed by atoms with Gasteiger partial charge in [-0.25, -0.2) is 4.79 Å². The van der Waals surface area contributed by atoms with Gasteiger partial charge in [0.1, 0.15) is 5.75 Å². The number of hydrogen-bond acceptors (Lipinski definition) is 5. The lowest BCUT2D eigenvalue weighted by atomic mass is 9.81. The highest BCUT2D eigenvalue weighted by atomic mass is 16.5. The molecule has 1 aromatic rings. The predicted octanol–water partition coefficient (Wildman–Crippen LogP) is 5.11. The van der Waals surface area contributed by atoms with E-state index >= 15 is 0 Å². The zero-order valence-electron chi connectivity index (χ0n) is 19.8. The minimum atomic E-state index is -0.466. The van der Waals surface area contributed by atoms with Gasteiger partial charge in [0.15, 0.2) is 0 Å². The monoisotopic (exact) mass is 445 g/mol. The Labute approximate surface area is 192 Å². The fourth-order valence-corrected chi connectivity index (χ4v) is 4.94. The molecule has 32 heavy (non-hydrogen) atoms. The quantitative estimate of drug-likeness (QED) is 0.444. The number of carbonyl (C=O) groups excluding carboxylic acids is 2. The Balaban J connectivity index is 1.95. The third kappa shape index (κ3) is 6.03. The summed E-state index contributed by atoms with van der Waals surface area (Å²) < 4.78 is 10.9. The molecule has 0 spiro atoms. The lowest BCUT2D eigenvalue weighted by Crippen LogP contribution is -2.47. The summed E-state index contributed by atoms with van der Waals surface area (Å²) in [6.07, 6.45) is 8.33. The van der Waals surface area contributed by atoms with Gasteiger partial charge in [-0.3, -0.25) is 4.79 Å². The number of nitrogens with zero attached hydrogens (tertiary/aromatic N) is 1. The molecule has 0 bridgehead atoms. The van der Waals surface area contributed by atoms with Crippen LogP contribution in [0.5, 0.6) is 5.75 Å². The molecule has 0 aliphatic heterocycles.